The summed E-state index contributed by atoms with van der Waals surface area (Å²) in [6, 6.07) is 5.14. The molecule has 4 heteroatoms. The maximum Gasteiger partial charge on any atom is 0.0625 e. The van der Waals surface area contributed by atoms with Gasteiger partial charge in [0.1, 0.15) is 0 Å². The van der Waals surface area contributed by atoms with E-state index in [-0.39, 0.29) is 20.1 Å². The van der Waals surface area contributed by atoms with E-state index in [9.17, 15) is 0 Å². The Morgan fingerprint density at radius 2 is 2.20 bits per heavy atom. The van der Waals surface area contributed by atoms with Crippen molar-refractivity contribution in [3.05, 3.63) is 35.5 Å². The number of hydrogen-bond acceptors (Lipinski definition) is 2. The first-order valence-corrected chi connectivity index (χ1v) is 4.75. The standard InChI is InChI=1S/C11H13N2O.Ir/c1-4-10-5-6-13(12-10)11-7-8(2)14-9(11)3;/h5-6H,4H2,1-3H3;/q-1;. The molecule has 0 amide bonds. The summed E-state index contributed by atoms with van der Waals surface area (Å²) in [5, 5.41) is 4.40. The molecule has 2 aromatic rings. The van der Waals surface area contributed by atoms with Crippen LogP contribution >= 0.6 is 0 Å². The van der Waals surface area contributed by atoms with Crippen LogP contribution in [0.4, 0.5) is 0 Å². The predicted molar refractivity (Wildman–Crippen MR) is 53.5 cm³/mol. The molecule has 0 spiro atoms. The van der Waals surface area contributed by atoms with Crippen molar-refractivity contribution in [2.24, 2.45) is 0 Å². The molecule has 0 aromatic carbocycles. The van der Waals surface area contributed by atoms with Gasteiger partial charge < -0.3 is 4.42 Å². The number of hydrogen-bond donors (Lipinski definition) is 0. The molecule has 0 aliphatic heterocycles. The van der Waals surface area contributed by atoms with E-state index in [0.29, 0.717) is 0 Å². The molecular formula is C11H13IrN2O-. The average molecular weight is 381 g/mol. The molecule has 2 heterocycles. The monoisotopic (exact) mass is 382 g/mol. The summed E-state index contributed by atoms with van der Waals surface area (Å²) in [4.78, 5) is 0. The average Bonchev–Trinajstić information content (AvgIpc) is 2.71. The number of aromatic nitrogens is 2. The zero-order valence-corrected chi connectivity index (χ0v) is 11.4. The molecule has 0 N–H and O–H groups in total. The molecule has 2 aromatic heterocycles. The first kappa shape index (κ1) is 12.2. The van der Waals surface area contributed by atoms with Gasteiger partial charge >= 0.3 is 0 Å². The van der Waals surface area contributed by atoms with E-state index >= 15 is 0 Å². The maximum absolute atomic E-state index is 5.40. The molecule has 0 aliphatic carbocycles. The third kappa shape index (κ3) is 2.39. The molecule has 1 radical (unpaired) electrons. The second-order valence-corrected chi connectivity index (χ2v) is 3.29. The summed E-state index contributed by atoms with van der Waals surface area (Å²) in [5.41, 5.74) is 1.99. The molecule has 0 atom stereocenters. The fourth-order valence-corrected chi connectivity index (χ4v) is 1.45. The van der Waals surface area contributed by atoms with Gasteiger partial charge in [-0.15, -0.1) is 0 Å². The first-order valence-electron chi connectivity index (χ1n) is 4.75. The molecule has 15 heavy (non-hydrogen) atoms. The molecule has 2 rings (SSSR count). The van der Waals surface area contributed by atoms with Crippen molar-refractivity contribution in [1.29, 1.82) is 0 Å². The Kier molecular flexibility index (Phi) is 3.89. The minimum atomic E-state index is 0. The van der Waals surface area contributed by atoms with E-state index in [1.165, 1.54) is 0 Å². The zero-order chi connectivity index (χ0) is 10.1. The summed E-state index contributed by atoms with van der Waals surface area (Å²) in [6.45, 7) is 5.90. The SMILES string of the molecule is CCc1ccn(-c2[c-]c(C)oc2C)n1.[Ir]. The van der Waals surface area contributed by atoms with Gasteiger partial charge in [-0.25, -0.2) is 0 Å². The Bertz CT molecular complexity index is 445. The van der Waals surface area contributed by atoms with Gasteiger partial charge in [0.25, 0.3) is 0 Å². The minimum Gasteiger partial charge on any atom is -0.569 e. The molecule has 0 aliphatic rings. The summed E-state index contributed by atoms with van der Waals surface area (Å²) in [7, 11) is 0. The van der Waals surface area contributed by atoms with Gasteiger partial charge in [-0.1, -0.05) is 19.5 Å². The molecule has 83 valence electrons. The van der Waals surface area contributed by atoms with Gasteiger partial charge in [-0.3, -0.25) is 4.68 Å². The van der Waals surface area contributed by atoms with Crippen LogP contribution in [0.2, 0.25) is 0 Å². The number of furan rings is 1. The van der Waals surface area contributed by atoms with Crippen molar-refractivity contribution in [2.45, 2.75) is 27.2 Å². The van der Waals surface area contributed by atoms with E-state index in [0.717, 1.165) is 29.3 Å². The Labute approximate surface area is 103 Å². The molecule has 0 bridgehead atoms. The summed E-state index contributed by atoms with van der Waals surface area (Å²) < 4.78 is 7.21. The molecule has 3 nitrogen and oxygen atoms in total. The van der Waals surface area contributed by atoms with E-state index < -0.39 is 0 Å². The minimum absolute atomic E-state index is 0. The normalized spacial score (nSPS) is 10.1. The molecule has 0 fully saturated rings. The molecule has 0 saturated heterocycles. The number of rotatable bonds is 2. The fourth-order valence-electron chi connectivity index (χ4n) is 1.45. The van der Waals surface area contributed by atoms with Crippen LogP contribution in [-0.2, 0) is 26.5 Å². The fraction of sp³-hybridized carbons (Fsp3) is 0.364. The summed E-state index contributed by atoms with van der Waals surface area (Å²) >= 11 is 0. The van der Waals surface area contributed by atoms with Crippen molar-refractivity contribution in [3.63, 3.8) is 0 Å². The van der Waals surface area contributed by atoms with Gasteiger partial charge in [0, 0.05) is 26.3 Å². The van der Waals surface area contributed by atoms with Crippen LogP contribution in [0.15, 0.2) is 16.7 Å². The van der Waals surface area contributed by atoms with Crippen molar-refractivity contribution in [3.8, 4) is 5.69 Å². The first-order chi connectivity index (χ1) is 6.70. The Balaban J connectivity index is 0.00000112. The van der Waals surface area contributed by atoms with Crippen molar-refractivity contribution >= 4 is 0 Å². The van der Waals surface area contributed by atoms with Crippen LogP contribution < -0.4 is 0 Å². The van der Waals surface area contributed by atoms with Gasteiger partial charge in [-0.2, -0.15) is 11.2 Å². The third-order valence-corrected chi connectivity index (χ3v) is 2.17. The Morgan fingerprint density at radius 3 is 2.67 bits per heavy atom. The van der Waals surface area contributed by atoms with E-state index in [2.05, 4.69) is 18.1 Å². The topological polar surface area (TPSA) is 31.0 Å². The van der Waals surface area contributed by atoms with Crippen LogP contribution in [0.5, 0.6) is 0 Å². The zero-order valence-electron chi connectivity index (χ0n) is 9.00. The largest absolute Gasteiger partial charge is 0.569 e. The quantitative estimate of drug-likeness (QED) is 0.749. The van der Waals surface area contributed by atoms with Crippen LogP contribution in [0.3, 0.4) is 0 Å². The molecule has 0 unspecified atom stereocenters. The predicted octanol–water partition coefficient (Wildman–Crippen LogP) is 2.44. The van der Waals surface area contributed by atoms with Crippen LogP contribution in [0.1, 0.15) is 24.1 Å². The van der Waals surface area contributed by atoms with Crippen LogP contribution in [0, 0.1) is 19.9 Å². The van der Waals surface area contributed by atoms with Gasteiger partial charge in [0.15, 0.2) is 0 Å². The van der Waals surface area contributed by atoms with E-state index in [1.807, 2.05) is 30.8 Å². The van der Waals surface area contributed by atoms with Crippen LogP contribution in [0.25, 0.3) is 5.69 Å². The molecule has 0 saturated carbocycles. The van der Waals surface area contributed by atoms with E-state index in [4.69, 9.17) is 4.42 Å². The van der Waals surface area contributed by atoms with Gasteiger partial charge in [-0.05, 0) is 30.9 Å². The second kappa shape index (κ2) is 4.77. The molecular weight excluding hydrogens is 368 g/mol. The Hall–Kier alpha value is -0.861. The van der Waals surface area contributed by atoms with Crippen molar-refractivity contribution in [2.75, 3.05) is 0 Å². The second-order valence-electron chi connectivity index (χ2n) is 3.29. The van der Waals surface area contributed by atoms with Crippen molar-refractivity contribution in [1.82, 2.24) is 9.78 Å². The van der Waals surface area contributed by atoms with Gasteiger partial charge in [0.05, 0.1) is 5.69 Å². The summed E-state index contributed by atoms with van der Waals surface area (Å²) in [6.07, 6.45) is 2.88. The van der Waals surface area contributed by atoms with Crippen molar-refractivity contribution < 1.29 is 24.5 Å². The van der Waals surface area contributed by atoms with Gasteiger partial charge in [0.2, 0.25) is 0 Å². The maximum atomic E-state index is 5.40. The Morgan fingerprint density at radius 1 is 1.47 bits per heavy atom. The number of nitrogens with zero attached hydrogens (tertiary/aromatic N) is 2. The smallest absolute Gasteiger partial charge is 0.0625 e. The summed E-state index contributed by atoms with van der Waals surface area (Å²) in [5.74, 6) is 1.65. The van der Waals surface area contributed by atoms with E-state index in [1.54, 1.807) is 0 Å². The third-order valence-electron chi connectivity index (χ3n) is 2.17. The van der Waals surface area contributed by atoms with Crippen LogP contribution in [-0.4, -0.2) is 9.78 Å². The number of aryl methyl sites for hydroxylation is 3.